The Morgan fingerprint density at radius 2 is 1.93 bits per heavy atom. The third kappa shape index (κ3) is 2.32. The Kier molecular flexibility index (Phi) is 3.27. The number of hydrogen-bond acceptors (Lipinski definition) is 2. The van der Waals surface area contributed by atoms with Crippen LogP contribution in [0.2, 0.25) is 0 Å². The van der Waals surface area contributed by atoms with Crippen LogP contribution in [0.1, 0.15) is 37.2 Å². The number of aromatic hydroxyl groups is 1. The molecule has 1 fully saturated rings. The van der Waals surface area contributed by atoms with E-state index in [1.807, 2.05) is 12.1 Å². The minimum absolute atomic E-state index is 0.346. The van der Waals surface area contributed by atoms with Gasteiger partial charge in [-0.05, 0) is 55.3 Å². The van der Waals surface area contributed by atoms with E-state index in [9.17, 15) is 5.11 Å². The van der Waals surface area contributed by atoms with E-state index in [4.69, 9.17) is 5.73 Å². The van der Waals surface area contributed by atoms with E-state index in [0.29, 0.717) is 11.7 Å². The first-order valence-electron chi connectivity index (χ1n) is 5.80. The standard InChI is InChI=1S/C13H19NO/c14-9-8-13(10-2-1-3-10)11-4-6-12(15)7-5-11/h4-7,10,13,15H,1-3,8-9,14H2. The molecular weight excluding hydrogens is 186 g/mol. The Balaban J connectivity index is 2.12. The van der Waals surface area contributed by atoms with Crippen molar-refractivity contribution in [2.75, 3.05) is 6.54 Å². The maximum Gasteiger partial charge on any atom is 0.115 e. The summed E-state index contributed by atoms with van der Waals surface area (Å²) in [5.41, 5.74) is 7.00. The third-order valence-electron chi connectivity index (χ3n) is 3.52. The van der Waals surface area contributed by atoms with Gasteiger partial charge in [-0.25, -0.2) is 0 Å². The van der Waals surface area contributed by atoms with E-state index in [2.05, 4.69) is 0 Å². The maximum atomic E-state index is 9.25. The van der Waals surface area contributed by atoms with Gasteiger partial charge in [0.05, 0.1) is 0 Å². The van der Waals surface area contributed by atoms with Gasteiger partial charge < -0.3 is 10.8 Å². The number of phenolic OH excluding ortho intramolecular Hbond substituents is 1. The first-order valence-corrected chi connectivity index (χ1v) is 5.80. The minimum Gasteiger partial charge on any atom is -0.508 e. The largest absolute Gasteiger partial charge is 0.508 e. The van der Waals surface area contributed by atoms with Crippen LogP contribution in [-0.2, 0) is 0 Å². The highest BCUT2D eigenvalue weighted by Crippen LogP contribution is 2.41. The molecule has 1 unspecified atom stereocenters. The van der Waals surface area contributed by atoms with Crippen molar-refractivity contribution in [2.24, 2.45) is 11.7 Å². The van der Waals surface area contributed by atoms with Gasteiger partial charge in [-0.1, -0.05) is 18.6 Å². The van der Waals surface area contributed by atoms with Crippen LogP contribution >= 0.6 is 0 Å². The Morgan fingerprint density at radius 3 is 2.40 bits per heavy atom. The van der Waals surface area contributed by atoms with E-state index >= 15 is 0 Å². The SMILES string of the molecule is NCCC(c1ccc(O)cc1)C1CCC1. The fraction of sp³-hybridized carbons (Fsp3) is 0.538. The van der Waals surface area contributed by atoms with Crippen LogP contribution in [0.15, 0.2) is 24.3 Å². The molecule has 0 heterocycles. The lowest BCUT2D eigenvalue weighted by molar-refractivity contribution is 0.253. The molecule has 0 saturated heterocycles. The molecule has 0 aromatic heterocycles. The van der Waals surface area contributed by atoms with Crippen molar-refractivity contribution in [1.82, 2.24) is 0 Å². The van der Waals surface area contributed by atoms with E-state index in [-0.39, 0.29) is 0 Å². The topological polar surface area (TPSA) is 46.2 Å². The monoisotopic (exact) mass is 205 g/mol. The molecule has 0 spiro atoms. The van der Waals surface area contributed by atoms with Crippen LogP contribution in [0.4, 0.5) is 0 Å². The molecule has 2 heteroatoms. The normalized spacial score (nSPS) is 18.5. The van der Waals surface area contributed by atoms with Crippen LogP contribution in [-0.4, -0.2) is 11.7 Å². The Labute approximate surface area is 91.1 Å². The van der Waals surface area contributed by atoms with Crippen molar-refractivity contribution in [3.8, 4) is 5.75 Å². The van der Waals surface area contributed by atoms with Gasteiger partial charge in [0.25, 0.3) is 0 Å². The molecule has 1 aliphatic carbocycles. The van der Waals surface area contributed by atoms with Crippen LogP contribution in [0, 0.1) is 5.92 Å². The van der Waals surface area contributed by atoms with Crippen molar-refractivity contribution >= 4 is 0 Å². The van der Waals surface area contributed by atoms with Crippen molar-refractivity contribution in [3.05, 3.63) is 29.8 Å². The van der Waals surface area contributed by atoms with Gasteiger partial charge in [0, 0.05) is 0 Å². The smallest absolute Gasteiger partial charge is 0.115 e. The second-order valence-electron chi connectivity index (χ2n) is 4.47. The molecule has 2 nitrogen and oxygen atoms in total. The summed E-state index contributed by atoms with van der Waals surface area (Å²) < 4.78 is 0. The van der Waals surface area contributed by atoms with Gasteiger partial charge in [0.15, 0.2) is 0 Å². The molecule has 0 amide bonds. The summed E-state index contributed by atoms with van der Waals surface area (Å²) >= 11 is 0. The molecule has 1 saturated carbocycles. The summed E-state index contributed by atoms with van der Waals surface area (Å²) in [6, 6.07) is 7.62. The van der Waals surface area contributed by atoms with Crippen LogP contribution in [0.25, 0.3) is 0 Å². The highest BCUT2D eigenvalue weighted by Gasteiger charge is 2.27. The number of hydrogen-bond donors (Lipinski definition) is 2. The lowest BCUT2D eigenvalue weighted by Gasteiger charge is -2.34. The van der Waals surface area contributed by atoms with Crippen molar-refractivity contribution < 1.29 is 5.11 Å². The summed E-state index contributed by atoms with van der Waals surface area (Å²) in [5, 5.41) is 9.25. The Bertz CT molecular complexity index is 303. The molecule has 3 N–H and O–H groups in total. The molecule has 15 heavy (non-hydrogen) atoms. The summed E-state index contributed by atoms with van der Waals surface area (Å²) in [4.78, 5) is 0. The first kappa shape index (κ1) is 10.5. The van der Waals surface area contributed by atoms with Gasteiger partial charge in [-0.15, -0.1) is 0 Å². The minimum atomic E-state index is 0.346. The fourth-order valence-corrected chi connectivity index (χ4v) is 2.42. The molecule has 1 aliphatic rings. The van der Waals surface area contributed by atoms with E-state index in [1.54, 1.807) is 12.1 Å². The van der Waals surface area contributed by atoms with Gasteiger partial charge in [-0.2, -0.15) is 0 Å². The van der Waals surface area contributed by atoms with Crippen LogP contribution in [0.3, 0.4) is 0 Å². The maximum absolute atomic E-state index is 9.25. The van der Waals surface area contributed by atoms with Gasteiger partial charge in [-0.3, -0.25) is 0 Å². The zero-order valence-electron chi connectivity index (χ0n) is 9.02. The number of rotatable bonds is 4. The Hall–Kier alpha value is -1.02. The fourth-order valence-electron chi connectivity index (χ4n) is 2.42. The molecule has 2 rings (SSSR count). The average molecular weight is 205 g/mol. The summed E-state index contributed by atoms with van der Waals surface area (Å²) in [5.74, 6) is 1.77. The van der Waals surface area contributed by atoms with Crippen LogP contribution < -0.4 is 5.73 Å². The number of nitrogens with two attached hydrogens (primary N) is 1. The lowest BCUT2D eigenvalue weighted by atomic mass is 9.72. The molecule has 0 aliphatic heterocycles. The molecule has 1 aromatic rings. The second-order valence-corrected chi connectivity index (χ2v) is 4.47. The predicted molar refractivity (Wildman–Crippen MR) is 61.9 cm³/mol. The van der Waals surface area contributed by atoms with E-state index in [0.717, 1.165) is 18.9 Å². The number of phenols is 1. The van der Waals surface area contributed by atoms with Crippen molar-refractivity contribution in [3.63, 3.8) is 0 Å². The molecular formula is C13H19NO. The molecule has 1 atom stereocenters. The molecule has 0 bridgehead atoms. The quantitative estimate of drug-likeness (QED) is 0.793. The Morgan fingerprint density at radius 1 is 1.27 bits per heavy atom. The van der Waals surface area contributed by atoms with Crippen molar-refractivity contribution in [1.29, 1.82) is 0 Å². The molecule has 1 aromatic carbocycles. The average Bonchev–Trinajstić information content (AvgIpc) is 2.16. The second kappa shape index (κ2) is 4.67. The van der Waals surface area contributed by atoms with Gasteiger partial charge >= 0.3 is 0 Å². The first-order chi connectivity index (χ1) is 7.31. The van der Waals surface area contributed by atoms with Crippen molar-refractivity contribution in [2.45, 2.75) is 31.6 Å². The summed E-state index contributed by atoms with van der Waals surface area (Å²) in [6.07, 6.45) is 5.11. The lowest BCUT2D eigenvalue weighted by Crippen LogP contribution is -2.22. The van der Waals surface area contributed by atoms with Gasteiger partial charge in [0.2, 0.25) is 0 Å². The van der Waals surface area contributed by atoms with Gasteiger partial charge in [0.1, 0.15) is 5.75 Å². The van der Waals surface area contributed by atoms with E-state index < -0.39 is 0 Å². The predicted octanol–water partition coefficient (Wildman–Crippen LogP) is 2.62. The van der Waals surface area contributed by atoms with E-state index in [1.165, 1.54) is 24.8 Å². The zero-order valence-corrected chi connectivity index (χ0v) is 9.02. The molecule has 0 radical (unpaired) electrons. The summed E-state index contributed by atoms with van der Waals surface area (Å²) in [7, 11) is 0. The highest BCUT2D eigenvalue weighted by molar-refractivity contribution is 5.29. The third-order valence-corrected chi connectivity index (χ3v) is 3.52. The highest BCUT2D eigenvalue weighted by atomic mass is 16.3. The zero-order chi connectivity index (χ0) is 10.7. The summed E-state index contributed by atoms with van der Waals surface area (Å²) in [6.45, 7) is 0.752. The molecule has 82 valence electrons. The van der Waals surface area contributed by atoms with Crippen LogP contribution in [0.5, 0.6) is 5.75 Å². The number of benzene rings is 1.